The summed E-state index contributed by atoms with van der Waals surface area (Å²) in [7, 11) is 0. The summed E-state index contributed by atoms with van der Waals surface area (Å²) in [6, 6.07) is 1.08. The maximum Gasteiger partial charge on any atom is 0.251 e. The Hall–Kier alpha value is -1.69. The largest absolute Gasteiger partial charge is 0.388 e. The lowest BCUT2D eigenvalue weighted by atomic mass is 10.0. The summed E-state index contributed by atoms with van der Waals surface area (Å²) in [5.41, 5.74) is 3.38. The molecule has 4 N–H and O–H groups in total. The minimum Gasteiger partial charge on any atom is -0.388 e. The maximum atomic E-state index is 13.5. The van der Waals surface area contributed by atoms with E-state index in [0.717, 1.165) is 6.07 Å². The van der Waals surface area contributed by atoms with Crippen molar-refractivity contribution in [3.05, 3.63) is 29.3 Å². The van der Waals surface area contributed by atoms with Crippen molar-refractivity contribution in [1.82, 2.24) is 0 Å². The van der Waals surface area contributed by atoms with Crippen LogP contribution >= 0.6 is 0 Å². The number of benzene rings is 1. The first-order chi connectivity index (χ1) is 8.12. The van der Waals surface area contributed by atoms with Gasteiger partial charge in [-0.3, -0.25) is 4.79 Å². The van der Waals surface area contributed by atoms with E-state index >= 15 is 0 Å². The molecule has 0 aliphatic carbocycles. The van der Waals surface area contributed by atoms with Gasteiger partial charge < -0.3 is 16.2 Å². The highest BCUT2D eigenvalue weighted by Crippen LogP contribution is 2.22. The summed E-state index contributed by atoms with van der Waals surface area (Å²) in [4.78, 5) is 11.0. The first-order valence-electron chi connectivity index (χ1n) is 5.40. The number of primary amides is 1. The van der Waals surface area contributed by atoms with Crippen LogP contribution in [0.5, 0.6) is 0 Å². The third-order valence-electron chi connectivity index (χ3n) is 2.75. The summed E-state index contributed by atoms with van der Waals surface area (Å²) in [5.74, 6) is -2.85. The predicted octanol–water partition coefficient (Wildman–Crippen LogP) is 1.64. The molecule has 0 aliphatic heterocycles. The minimum absolute atomic E-state index is 0.0835. The number of rotatable bonds is 4. The van der Waals surface area contributed by atoms with E-state index in [-0.39, 0.29) is 5.69 Å². The van der Waals surface area contributed by atoms with Crippen molar-refractivity contribution in [1.29, 1.82) is 0 Å². The van der Waals surface area contributed by atoms with Crippen LogP contribution in [0.4, 0.5) is 14.5 Å². The molecule has 0 fully saturated rings. The summed E-state index contributed by atoms with van der Waals surface area (Å²) < 4.78 is 26.7. The zero-order valence-electron chi connectivity index (χ0n) is 10.4. The van der Waals surface area contributed by atoms with Gasteiger partial charge in [0.2, 0.25) is 0 Å². The van der Waals surface area contributed by atoms with Crippen LogP contribution < -0.4 is 11.1 Å². The molecule has 1 rings (SSSR count). The van der Waals surface area contributed by atoms with Gasteiger partial charge >= 0.3 is 0 Å². The molecular weight excluding hydrogens is 242 g/mol. The molecule has 6 heteroatoms. The van der Waals surface area contributed by atoms with Gasteiger partial charge in [0.05, 0.1) is 22.9 Å². The predicted molar refractivity (Wildman–Crippen MR) is 64.3 cm³/mol. The van der Waals surface area contributed by atoms with E-state index in [1.165, 1.54) is 0 Å². The number of halogens is 2. The average Bonchev–Trinajstić information content (AvgIpc) is 2.19. The minimum atomic E-state index is -1.10. The number of nitrogens with two attached hydrogens (primary N) is 1. The smallest absolute Gasteiger partial charge is 0.251 e. The summed E-state index contributed by atoms with van der Waals surface area (Å²) >= 11 is 0. The first kappa shape index (κ1) is 14.4. The Balaban J connectivity index is 3.10. The summed E-state index contributed by atoms with van der Waals surface area (Å²) in [6.45, 7) is 4.72. The number of aliphatic hydroxyl groups is 1. The summed E-state index contributed by atoms with van der Waals surface area (Å²) in [6.07, 6.45) is 0. The lowest BCUT2D eigenvalue weighted by Gasteiger charge is -2.28. The first-order valence-corrected chi connectivity index (χ1v) is 5.40. The van der Waals surface area contributed by atoms with Crippen LogP contribution in [0.2, 0.25) is 0 Å². The molecule has 18 heavy (non-hydrogen) atoms. The summed E-state index contributed by atoms with van der Waals surface area (Å²) in [5, 5.41) is 12.4. The Kier molecular flexibility index (Phi) is 3.91. The molecule has 0 aromatic heterocycles. The third-order valence-corrected chi connectivity index (χ3v) is 2.75. The number of carbonyl (C=O) groups is 1. The van der Waals surface area contributed by atoms with E-state index in [9.17, 15) is 18.7 Å². The Morgan fingerprint density at radius 3 is 2.39 bits per heavy atom. The van der Waals surface area contributed by atoms with Crippen molar-refractivity contribution in [3.63, 3.8) is 0 Å². The lowest BCUT2D eigenvalue weighted by Crippen LogP contribution is -2.39. The number of carbonyl (C=O) groups excluding carboxylic acids is 1. The second-order valence-electron chi connectivity index (χ2n) is 4.70. The molecule has 100 valence electrons. The van der Waals surface area contributed by atoms with Gasteiger partial charge in [0.25, 0.3) is 5.91 Å². The van der Waals surface area contributed by atoms with Crippen LogP contribution in [0.3, 0.4) is 0 Å². The number of amides is 1. The van der Waals surface area contributed by atoms with Crippen molar-refractivity contribution in [2.24, 2.45) is 5.73 Å². The van der Waals surface area contributed by atoms with E-state index < -0.39 is 34.7 Å². The molecule has 0 saturated carbocycles. The fourth-order valence-electron chi connectivity index (χ4n) is 1.26. The molecule has 1 aromatic rings. The highest BCUT2D eigenvalue weighted by molar-refractivity contribution is 5.94. The number of nitrogens with one attached hydrogen (secondary N) is 1. The Morgan fingerprint density at radius 2 is 1.94 bits per heavy atom. The van der Waals surface area contributed by atoms with Crippen LogP contribution in [0, 0.1) is 11.6 Å². The van der Waals surface area contributed by atoms with E-state index in [0.29, 0.717) is 6.07 Å². The molecule has 0 saturated heterocycles. The van der Waals surface area contributed by atoms with E-state index in [4.69, 9.17) is 5.73 Å². The van der Waals surface area contributed by atoms with Gasteiger partial charge in [0.1, 0.15) is 11.6 Å². The highest BCUT2D eigenvalue weighted by atomic mass is 19.1. The average molecular weight is 258 g/mol. The van der Waals surface area contributed by atoms with Crippen molar-refractivity contribution < 1.29 is 18.7 Å². The number of hydrogen-bond acceptors (Lipinski definition) is 3. The maximum absolute atomic E-state index is 13.5. The van der Waals surface area contributed by atoms with Crippen molar-refractivity contribution in [2.45, 2.75) is 32.4 Å². The normalized spacial score (nSPS) is 13.2. The molecule has 0 radical (unpaired) electrons. The molecule has 0 spiro atoms. The molecule has 4 nitrogen and oxygen atoms in total. The van der Waals surface area contributed by atoms with Gasteiger partial charge in [-0.25, -0.2) is 8.78 Å². The van der Waals surface area contributed by atoms with Crippen molar-refractivity contribution >= 4 is 11.6 Å². The van der Waals surface area contributed by atoms with E-state index in [1.54, 1.807) is 20.8 Å². The van der Waals surface area contributed by atoms with Gasteiger partial charge in [-0.2, -0.15) is 0 Å². The fraction of sp³-hybridized carbons (Fsp3) is 0.417. The third kappa shape index (κ3) is 3.16. The van der Waals surface area contributed by atoms with Gasteiger partial charge in [0, 0.05) is 6.07 Å². The second-order valence-corrected chi connectivity index (χ2v) is 4.70. The van der Waals surface area contributed by atoms with Gasteiger partial charge in [0.15, 0.2) is 0 Å². The number of hydrogen-bond donors (Lipinski definition) is 3. The van der Waals surface area contributed by atoms with Crippen molar-refractivity contribution in [3.8, 4) is 0 Å². The molecule has 1 amide bonds. The molecule has 1 atom stereocenters. The zero-order valence-corrected chi connectivity index (χ0v) is 10.4. The Bertz CT molecular complexity index is 470. The van der Waals surface area contributed by atoms with E-state index in [1.807, 2.05) is 0 Å². The van der Waals surface area contributed by atoms with Gasteiger partial charge in [-0.05, 0) is 26.8 Å². The quantitative estimate of drug-likeness (QED) is 0.768. The molecule has 1 aromatic carbocycles. The van der Waals surface area contributed by atoms with Gasteiger partial charge in [-0.1, -0.05) is 0 Å². The Morgan fingerprint density at radius 1 is 1.39 bits per heavy atom. The Labute approximate surface area is 104 Å². The number of anilines is 1. The molecule has 0 aliphatic rings. The van der Waals surface area contributed by atoms with Crippen LogP contribution in [0.25, 0.3) is 0 Å². The lowest BCUT2D eigenvalue weighted by molar-refractivity contribution is 0.0648. The molecule has 1 unspecified atom stereocenters. The molecular formula is C12H16F2N2O2. The second kappa shape index (κ2) is 4.89. The monoisotopic (exact) mass is 258 g/mol. The van der Waals surface area contributed by atoms with Crippen molar-refractivity contribution in [2.75, 3.05) is 5.32 Å². The van der Waals surface area contributed by atoms with Crippen LogP contribution in [-0.4, -0.2) is 22.7 Å². The standard InChI is InChI=1S/C12H16F2N2O2/c1-6(12(2,3)18)16-10-4-7(11(15)17)8(13)5-9(10)14/h4-6,16,18H,1-3H3,(H2,15,17). The van der Waals surface area contributed by atoms with E-state index in [2.05, 4.69) is 5.32 Å². The zero-order chi connectivity index (χ0) is 14.1. The van der Waals surface area contributed by atoms with Gasteiger partial charge in [-0.15, -0.1) is 0 Å². The van der Waals surface area contributed by atoms with Crippen LogP contribution in [0.1, 0.15) is 31.1 Å². The van der Waals surface area contributed by atoms with Crippen LogP contribution in [-0.2, 0) is 0 Å². The topological polar surface area (TPSA) is 75.3 Å². The van der Waals surface area contributed by atoms with Crippen LogP contribution in [0.15, 0.2) is 12.1 Å². The molecule has 0 heterocycles. The fourth-order valence-corrected chi connectivity index (χ4v) is 1.26. The highest BCUT2D eigenvalue weighted by Gasteiger charge is 2.24. The SMILES string of the molecule is CC(Nc1cc(C(N)=O)c(F)cc1F)C(C)(C)O. The molecule has 0 bridgehead atoms.